The lowest BCUT2D eigenvalue weighted by molar-refractivity contribution is -0.135. The molecule has 2 aromatic rings. The van der Waals surface area contributed by atoms with Crippen molar-refractivity contribution in [3.63, 3.8) is 0 Å². The van der Waals surface area contributed by atoms with Gasteiger partial charge >= 0.3 is 0 Å². The lowest BCUT2D eigenvalue weighted by Gasteiger charge is -2.29. The van der Waals surface area contributed by atoms with E-state index >= 15 is 0 Å². The van der Waals surface area contributed by atoms with Crippen LogP contribution in [0.3, 0.4) is 0 Å². The largest absolute Gasteiger partial charge is 0.493 e. The second-order valence-electron chi connectivity index (χ2n) is 7.51. The third-order valence-corrected chi connectivity index (χ3v) is 5.24. The summed E-state index contributed by atoms with van der Waals surface area (Å²) in [6.07, 6.45) is 0.550. The van der Waals surface area contributed by atoms with Gasteiger partial charge in [-0.15, -0.1) is 0 Å². The first-order valence-electron chi connectivity index (χ1n) is 9.83. The van der Waals surface area contributed by atoms with Crippen LogP contribution in [0.2, 0.25) is 0 Å². The Bertz CT molecular complexity index is 908. The number of amides is 2. The van der Waals surface area contributed by atoms with Gasteiger partial charge in [-0.2, -0.15) is 0 Å². The van der Waals surface area contributed by atoms with Gasteiger partial charge < -0.3 is 19.7 Å². The van der Waals surface area contributed by atoms with Crippen molar-refractivity contribution >= 4 is 17.5 Å². The molecular formula is C23H28N2O4. The fraction of sp³-hybridized carbons (Fsp3) is 0.391. The number of hydrogen-bond acceptors (Lipinski definition) is 4. The number of fused-ring (bicyclic) bond motifs is 1. The Balaban J connectivity index is 1.66. The Morgan fingerprint density at radius 2 is 1.72 bits per heavy atom. The van der Waals surface area contributed by atoms with Crippen LogP contribution in [0.5, 0.6) is 11.5 Å². The lowest BCUT2D eigenvalue weighted by atomic mass is 9.98. The van der Waals surface area contributed by atoms with Crippen molar-refractivity contribution in [2.24, 2.45) is 0 Å². The summed E-state index contributed by atoms with van der Waals surface area (Å²) in [5.41, 5.74) is 3.98. The SMILES string of the molecule is COc1cc2c(cc1OC)CN(C(=O)CC(=O)Nc1ccccc1C(C)C)CC2. The summed E-state index contributed by atoms with van der Waals surface area (Å²) < 4.78 is 10.7. The van der Waals surface area contributed by atoms with Gasteiger partial charge in [-0.1, -0.05) is 32.0 Å². The molecular weight excluding hydrogens is 368 g/mol. The maximum Gasteiger partial charge on any atom is 0.233 e. The molecule has 1 aliphatic heterocycles. The molecule has 0 radical (unpaired) electrons. The molecule has 1 aliphatic rings. The fourth-order valence-corrected chi connectivity index (χ4v) is 3.65. The molecule has 0 fully saturated rings. The third kappa shape index (κ3) is 4.70. The molecule has 1 heterocycles. The van der Waals surface area contributed by atoms with E-state index in [2.05, 4.69) is 19.2 Å². The number of nitrogens with zero attached hydrogens (tertiary/aromatic N) is 1. The van der Waals surface area contributed by atoms with E-state index in [9.17, 15) is 9.59 Å². The van der Waals surface area contributed by atoms with E-state index in [1.54, 1.807) is 19.1 Å². The minimum Gasteiger partial charge on any atom is -0.493 e. The number of carbonyl (C=O) groups excluding carboxylic acids is 2. The molecule has 0 spiro atoms. The minimum absolute atomic E-state index is 0.172. The second-order valence-corrected chi connectivity index (χ2v) is 7.51. The summed E-state index contributed by atoms with van der Waals surface area (Å²) in [6.45, 7) is 5.19. The van der Waals surface area contributed by atoms with Crippen LogP contribution in [-0.4, -0.2) is 37.5 Å². The molecule has 154 valence electrons. The Morgan fingerprint density at radius 3 is 2.38 bits per heavy atom. The predicted octanol–water partition coefficient (Wildman–Crippen LogP) is 3.74. The summed E-state index contributed by atoms with van der Waals surface area (Å²) in [5, 5.41) is 2.89. The van der Waals surface area contributed by atoms with Crippen LogP contribution >= 0.6 is 0 Å². The van der Waals surface area contributed by atoms with Crippen molar-refractivity contribution in [1.82, 2.24) is 4.90 Å². The van der Waals surface area contributed by atoms with E-state index in [0.29, 0.717) is 24.6 Å². The van der Waals surface area contributed by atoms with Crippen molar-refractivity contribution in [2.45, 2.75) is 39.2 Å². The standard InChI is InChI=1S/C23H28N2O4/c1-15(2)18-7-5-6-8-19(18)24-22(26)13-23(27)25-10-9-16-11-20(28-3)21(29-4)12-17(16)14-25/h5-8,11-12,15H,9-10,13-14H2,1-4H3,(H,24,26). The van der Waals surface area contributed by atoms with E-state index < -0.39 is 0 Å². The second kappa shape index (κ2) is 8.99. The first-order valence-corrected chi connectivity index (χ1v) is 9.83. The van der Waals surface area contributed by atoms with E-state index in [4.69, 9.17) is 9.47 Å². The van der Waals surface area contributed by atoms with Crippen molar-refractivity contribution in [1.29, 1.82) is 0 Å². The number of methoxy groups -OCH3 is 2. The normalized spacial score (nSPS) is 13.1. The Labute approximate surface area is 171 Å². The van der Waals surface area contributed by atoms with Crippen LogP contribution in [0.15, 0.2) is 36.4 Å². The molecule has 6 heteroatoms. The van der Waals surface area contributed by atoms with Gasteiger partial charge in [0, 0.05) is 18.8 Å². The van der Waals surface area contributed by atoms with Crippen molar-refractivity contribution in [2.75, 3.05) is 26.1 Å². The summed E-state index contributed by atoms with van der Waals surface area (Å²) in [4.78, 5) is 26.9. The summed E-state index contributed by atoms with van der Waals surface area (Å²) in [7, 11) is 3.20. The quantitative estimate of drug-likeness (QED) is 0.756. The van der Waals surface area contributed by atoms with Gasteiger partial charge in [0.25, 0.3) is 0 Å². The first-order chi connectivity index (χ1) is 13.9. The molecule has 1 N–H and O–H groups in total. The molecule has 0 aliphatic carbocycles. The number of ether oxygens (including phenoxy) is 2. The Kier molecular flexibility index (Phi) is 6.42. The van der Waals surface area contributed by atoms with Crippen LogP contribution in [0.25, 0.3) is 0 Å². The first kappa shape index (κ1) is 20.7. The number of nitrogens with one attached hydrogen (secondary N) is 1. The van der Waals surface area contributed by atoms with E-state index in [1.807, 2.05) is 36.4 Å². The number of carbonyl (C=O) groups is 2. The molecule has 2 amide bonds. The molecule has 29 heavy (non-hydrogen) atoms. The molecule has 0 atom stereocenters. The van der Waals surface area contributed by atoms with E-state index in [-0.39, 0.29) is 24.2 Å². The van der Waals surface area contributed by atoms with E-state index in [1.165, 1.54) is 0 Å². The predicted molar refractivity (Wildman–Crippen MR) is 112 cm³/mol. The zero-order valence-corrected chi connectivity index (χ0v) is 17.5. The van der Waals surface area contributed by atoms with Crippen LogP contribution in [-0.2, 0) is 22.6 Å². The summed E-state index contributed by atoms with van der Waals surface area (Å²) >= 11 is 0. The van der Waals surface area contributed by atoms with Gasteiger partial charge in [0.15, 0.2) is 11.5 Å². The summed E-state index contributed by atoms with van der Waals surface area (Å²) in [6, 6.07) is 11.6. The van der Waals surface area contributed by atoms with Crippen molar-refractivity contribution in [3.8, 4) is 11.5 Å². The maximum absolute atomic E-state index is 12.7. The van der Waals surface area contributed by atoms with Gasteiger partial charge in [0.2, 0.25) is 11.8 Å². The molecule has 2 aromatic carbocycles. The minimum atomic E-state index is -0.291. The van der Waals surface area contributed by atoms with Crippen LogP contribution in [0.4, 0.5) is 5.69 Å². The molecule has 0 aromatic heterocycles. The number of para-hydroxylation sites is 1. The highest BCUT2D eigenvalue weighted by Gasteiger charge is 2.24. The monoisotopic (exact) mass is 396 g/mol. The Hall–Kier alpha value is -3.02. The van der Waals surface area contributed by atoms with Gasteiger partial charge in [-0.3, -0.25) is 9.59 Å². The van der Waals surface area contributed by atoms with Gasteiger partial charge in [-0.05, 0) is 47.2 Å². The third-order valence-electron chi connectivity index (χ3n) is 5.24. The highest BCUT2D eigenvalue weighted by molar-refractivity contribution is 6.04. The number of hydrogen-bond donors (Lipinski definition) is 1. The van der Waals surface area contributed by atoms with Crippen molar-refractivity contribution < 1.29 is 19.1 Å². The van der Waals surface area contributed by atoms with Gasteiger partial charge in [0.1, 0.15) is 6.42 Å². The number of anilines is 1. The number of benzene rings is 2. The van der Waals surface area contributed by atoms with Crippen LogP contribution in [0, 0.1) is 0 Å². The molecule has 0 saturated heterocycles. The molecule has 0 saturated carbocycles. The maximum atomic E-state index is 12.7. The zero-order valence-electron chi connectivity index (χ0n) is 17.5. The molecule has 6 nitrogen and oxygen atoms in total. The topological polar surface area (TPSA) is 67.9 Å². The molecule has 0 bridgehead atoms. The summed E-state index contributed by atoms with van der Waals surface area (Å²) in [5.74, 6) is 1.15. The highest BCUT2D eigenvalue weighted by Crippen LogP contribution is 2.33. The highest BCUT2D eigenvalue weighted by atomic mass is 16.5. The van der Waals surface area contributed by atoms with Gasteiger partial charge in [0.05, 0.1) is 14.2 Å². The zero-order chi connectivity index (χ0) is 21.0. The molecule has 3 rings (SSSR count). The van der Waals surface area contributed by atoms with E-state index in [0.717, 1.165) is 28.8 Å². The number of rotatable bonds is 6. The average Bonchev–Trinajstić information content (AvgIpc) is 2.72. The van der Waals surface area contributed by atoms with Crippen molar-refractivity contribution in [3.05, 3.63) is 53.1 Å². The lowest BCUT2D eigenvalue weighted by Crippen LogP contribution is -2.37. The van der Waals surface area contributed by atoms with Crippen LogP contribution in [0.1, 0.15) is 42.9 Å². The van der Waals surface area contributed by atoms with Gasteiger partial charge in [-0.25, -0.2) is 0 Å². The Morgan fingerprint density at radius 1 is 1.07 bits per heavy atom. The molecule has 0 unspecified atom stereocenters. The smallest absolute Gasteiger partial charge is 0.233 e. The van der Waals surface area contributed by atoms with Crippen LogP contribution < -0.4 is 14.8 Å². The fourth-order valence-electron chi connectivity index (χ4n) is 3.65. The average molecular weight is 396 g/mol.